The van der Waals surface area contributed by atoms with E-state index in [1.807, 2.05) is 53.7 Å². The number of ether oxygens (including phenoxy) is 1. The molecule has 0 saturated carbocycles. The maximum Gasteiger partial charge on any atom is 0.338 e. The lowest BCUT2D eigenvalue weighted by Gasteiger charge is -2.28. The maximum absolute atomic E-state index is 12.4. The predicted octanol–water partition coefficient (Wildman–Crippen LogP) is 4.53. The van der Waals surface area contributed by atoms with Gasteiger partial charge in [-0.15, -0.1) is 4.72 Å². The van der Waals surface area contributed by atoms with Gasteiger partial charge in [-0.05, 0) is 65.7 Å². The van der Waals surface area contributed by atoms with E-state index in [0.717, 1.165) is 18.4 Å². The normalized spacial score (nSPS) is 15.0. The smallest absolute Gasteiger partial charge is 0.338 e. The van der Waals surface area contributed by atoms with E-state index in [1.54, 1.807) is 12.1 Å². The molecule has 1 aromatic carbocycles. The SMILES string of the molecule is CCC[C@H](N[S+]([O-])C(C)(C)C)c1ccc(C(=O)OC(C)(C)C)cc1. The molecule has 0 amide bonds. The summed E-state index contributed by atoms with van der Waals surface area (Å²) in [6.45, 7) is 13.5. The molecule has 0 aliphatic heterocycles. The van der Waals surface area contributed by atoms with Gasteiger partial charge in [0.05, 0.1) is 11.6 Å². The molecule has 0 heterocycles. The molecule has 0 aromatic heterocycles. The Morgan fingerprint density at radius 2 is 1.71 bits per heavy atom. The van der Waals surface area contributed by atoms with E-state index >= 15 is 0 Å². The summed E-state index contributed by atoms with van der Waals surface area (Å²) in [4.78, 5) is 12.1. The summed E-state index contributed by atoms with van der Waals surface area (Å²) in [6, 6.07) is 7.36. The van der Waals surface area contributed by atoms with Crippen molar-refractivity contribution in [2.45, 2.75) is 77.7 Å². The molecule has 0 aliphatic rings. The lowest BCUT2D eigenvalue weighted by molar-refractivity contribution is 0.00695. The van der Waals surface area contributed by atoms with E-state index in [9.17, 15) is 9.35 Å². The first-order chi connectivity index (χ1) is 10.9. The zero-order valence-corrected chi connectivity index (χ0v) is 16.8. The van der Waals surface area contributed by atoms with Crippen LogP contribution in [0, 0.1) is 0 Å². The Bertz CT molecular complexity index is 529. The van der Waals surface area contributed by atoms with Crippen LogP contribution in [-0.4, -0.2) is 20.9 Å². The summed E-state index contributed by atoms with van der Waals surface area (Å²) in [5.41, 5.74) is 1.05. The molecule has 0 saturated heterocycles. The Morgan fingerprint density at radius 3 is 2.12 bits per heavy atom. The van der Waals surface area contributed by atoms with Crippen LogP contribution in [0.15, 0.2) is 24.3 Å². The summed E-state index contributed by atoms with van der Waals surface area (Å²) in [6.07, 6.45) is 1.86. The summed E-state index contributed by atoms with van der Waals surface area (Å²) in [5, 5.41) is 0. The third kappa shape index (κ3) is 6.83. The van der Waals surface area contributed by atoms with Crippen LogP contribution in [-0.2, 0) is 16.1 Å². The highest BCUT2D eigenvalue weighted by atomic mass is 32.2. The third-order valence-electron chi connectivity index (χ3n) is 3.33. The molecule has 1 unspecified atom stereocenters. The van der Waals surface area contributed by atoms with Gasteiger partial charge in [0.2, 0.25) is 0 Å². The van der Waals surface area contributed by atoms with E-state index in [4.69, 9.17) is 4.74 Å². The standard InChI is InChI=1S/C19H31NO3S/c1-8-9-16(20-24(22)19(5,6)7)14-10-12-15(13-11-14)17(21)23-18(2,3)4/h10-13,16,20H,8-9H2,1-7H3/t16-,24?/m0/s1. The van der Waals surface area contributed by atoms with Crippen LogP contribution in [0.5, 0.6) is 0 Å². The molecule has 0 bridgehead atoms. The lowest BCUT2D eigenvalue weighted by atomic mass is 10.0. The van der Waals surface area contributed by atoms with Crippen LogP contribution in [0.3, 0.4) is 0 Å². The van der Waals surface area contributed by atoms with Crippen LogP contribution < -0.4 is 4.72 Å². The molecule has 1 N–H and O–H groups in total. The van der Waals surface area contributed by atoms with E-state index in [2.05, 4.69) is 11.6 Å². The fraction of sp³-hybridized carbons (Fsp3) is 0.632. The van der Waals surface area contributed by atoms with Gasteiger partial charge < -0.3 is 9.29 Å². The van der Waals surface area contributed by atoms with Crippen molar-refractivity contribution in [3.63, 3.8) is 0 Å². The summed E-state index contributed by atoms with van der Waals surface area (Å²) in [5.74, 6) is -0.327. The van der Waals surface area contributed by atoms with Crippen molar-refractivity contribution in [1.82, 2.24) is 4.72 Å². The number of benzene rings is 1. The molecule has 0 aliphatic carbocycles. The van der Waals surface area contributed by atoms with Crippen molar-refractivity contribution in [2.75, 3.05) is 0 Å². The van der Waals surface area contributed by atoms with Gasteiger partial charge >= 0.3 is 5.97 Å². The average Bonchev–Trinajstić information content (AvgIpc) is 2.44. The minimum Gasteiger partial charge on any atom is -0.598 e. The highest BCUT2D eigenvalue weighted by Gasteiger charge is 2.29. The Hall–Kier alpha value is -1.04. The van der Waals surface area contributed by atoms with Crippen molar-refractivity contribution < 1.29 is 14.1 Å². The van der Waals surface area contributed by atoms with Crippen LogP contribution in [0.25, 0.3) is 0 Å². The van der Waals surface area contributed by atoms with Gasteiger partial charge in [0, 0.05) is 11.4 Å². The average molecular weight is 354 g/mol. The monoisotopic (exact) mass is 353 g/mol. The zero-order valence-electron chi connectivity index (χ0n) is 15.9. The highest BCUT2D eigenvalue weighted by molar-refractivity contribution is 7.90. The minimum atomic E-state index is -1.14. The molecular weight excluding hydrogens is 322 g/mol. The minimum absolute atomic E-state index is 0.00254. The second kappa shape index (κ2) is 8.37. The van der Waals surface area contributed by atoms with E-state index < -0.39 is 17.0 Å². The van der Waals surface area contributed by atoms with Crippen molar-refractivity contribution in [2.24, 2.45) is 0 Å². The van der Waals surface area contributed by atoms with Crippen molar-refractivity contribution in [3.8, 4) is 0 Å². The first kappa shape index (κ1) is 21.0. The van der Waals surface area contributed by atoms with Gasteiger partial charge in [-0.25, -0.2) is 4.79 Å². The summed E-state index contributed by atoms with van der Waals surface area (Å²) >= 11 is -1.14. The molecule has 0 fully saturated rings. The first-order valence-electron chi connectivity index (χ1n) is 8.45. The zero-order chi connectivity index (χ0) is 18.5. The number of nitrogens with one attached hydrogen (secondary N) is 1. The number of hydrogen-bond donors (Lipinski definition) is 1. The number of hydrogen-bond acceptors (Lipinski definition) is 4. The van der Waals surface area contributed by atoms with Gasteiger partial charge in [-0.1, -0.05) is 25.5 Å². The lowest BCUT2D eigenvalue weighted by Crippen LogP contribution is -2.41. The Morgan fingerprint density at radius 1 is 1.17 bits per heavy atom. The predicted molar refractivity (Wildman–Crippen MR) is 100 cm³/mol. The van der Waals surface area contributed by atoms with Gasteiger partial charge in [0.25, 0.3) is 0 Å². The van der Waals surface area contributed by atoms with Crippen molar-refractivity contribution in [3.05, 3.63) is 35.4 Å². The Balaban J connectivity index is 2.88. The van der Waals surface area contributed by atoms with Gasteiger partial charge in [0.1, 0.15) is 10.3 Å². The van der Waals surface area contributed by atoms with Gasteiger partial charge in [-0.3, -0.25) is 0 Å². The first-order valence-corrected chi connectivity index (χ1v) is 9.60. The number of rotatable bonds is 6. The highest BCUT2D eigenvalue weighted by Crippen LogP contribution is 2.24. The molecule has 2 atom stereocenters. The van der Waals surface area contributed by atoms with Crippen molar-refractivity contribution >= 4 is 17.3 Å². The van der Waals surface area contributed by atoms with Gasteiger partial charge in [0.15, 0.2) is 0 Å². The molecule has 5 heteroatoms. The molecular formula is C19H31NO3S. The van der Waals surface area contributed by atoms with Gasteiger partial charge in [-0.2, -0.15) is 0 Å². The quantitative estimate of drug-likeness (QED) is 0.603. The largest absolute Gasteiger partial charge is 0.598 e. The number of carbonyl (C=O) groups is 1. The molecule has 0 spiro atoms. The number of esters is 1. The van der Waals surface area contributed by atoms with E-state index in [1.165, 1.54) is 0 Å². The third-order valence-corrected chi connectivity index (χ3v) is 4.94. The summed E-state index contributed by atoms with van der Waals surface area (Å²) < 4.78 is 20.7. The van der Waals surface area contributed by atoms with E-state index in [0.29, 0.717) is 5.56 Å². The molecule has 0 radical (unpaired) electrons. The maximum atomic E-state index is 12.4. The van der Waals surface area contributed by atoms with Crippen LogP contribution in [0.2, 0.25) is 0 Å². The summed E-state index contributed by atoms with van der Waals surface area (Å²) in [7, 11) is 0. The second-order valence-electron chi connectivity index (χ2n) is 7.96. The topological polar surface area (TPSA) is 61.4 Å². The molecule has 136 valence electrons. The van der Waals surface area contributed by atoms with E-state index in [-0.39, 0.29) is 16.8 Å². The van der Waals surface area contributed by atoms with Crippen molar-refractivity contribution in [1.29, 1.82) is 0 Å². The fourth-order valence-corrected chi connectivity index (χ4v) is 2.94. The second-order valence-corrected chi connectivity index (χ2v) is 9.96. The molecule has 4 nitrogen and oxygen atoms in total. The molecule has 24 heavy (non-hydrogen) atoms. The fourth-order valence-electron chi connectivity index (χ4n) is 2.08. The Labute approximate surface area is 149 Å². The molecule has 1 rings (SSSR count). The van der Waals surface area contributed by atoms with Crippen LogP contribution >= 0.6 is 0 Å². The van der Waals surface area contributed by atoms with Crippen LogP contribution in [0.4, 0.5) is 0 Å². The molecule has 1 aromatic rings. The van der Waals surface area contributed by atoms with Crippen LogP contribution in [0.1, 0.15) is 83.3 Å². The Kier molecular flexibility index (Phi) is 7.32. The number of carbonyl (C=O) groups excluding carboxylic acids is 1.